The zero-order chi connectivity index (χ0) is 13.2. The molecule has 1 saturated heterocycles. The molecule has 0 aliphatic carbocycles. The maximum absolute atomic E-state index is 6.11. The molecule has 1 aromatic heterocycles. The van der Waals surface area contributed by atoms with Crippen molar-refractivity contribution in [3.8, 4) is 0 Å². The fourth-order valence-corrected chi connectivity index (χ4v) is 2.94. The number of rotatable bonds is 2. The molecule has 0 unspecified atom stereocenters. The highest BCUT2D eigenvalue weighted by molar-refractivity contribution is 6.17. The molecule has 1 fully saturated rings. The van der Waals surface area contributed by atoms with Crippen LogP contribution in [-0.4, -0.2) is 18.1 Å². The van der Waals surface area contributed by atoms with Crippen molar-refractivity contribution in [1.82, 2.24) is 4.98 Å². The third kappa shape index (κ3) is 2.55. The number of benzene rings is 1. The maximum atomic E-state index is 6.11. The average molecular weight is 275 g/mol. The van der Waals surface area contributed by atoms with Crippen molar-refractivity contribution in [3.05, 3.63) is 35.9 Å². The number of piperidine rings is 1. The number of para-hydroxylation sites is 1. The third-order valence-corrected chi connectivity index (χ3v) is 4.30. The largest absolute Gasteiger partial charge is 0.356 e. The molecule has 0 saturated carbocycles. The molecular weight excluding hydrogens is 256 g/mol. The zero-order valence-electron chi connectivity index (χ0n) is 11.3. The summed E-state index contributed by atoms with van der Waals surface area (Å²) in [7, 11) is 0. The number of pyridine rings is 1. The van der Waals surface area contributed by atoms with Crippen molar-refractivity contribution in [2.75, 3.05) is 18.0 Å². The molecular formula is C16H19ClN2. The molecule has 0 radical (unpaired) electrons. The van der Waals surface area contributed by atoms with Crippen molar-refractivity contribution >= 4 is 28.3 Å². The quantitative estimate of drug-likeness (QED) is 0.763. The average Bonchev–Trinajstić information content (AvgIpc) is 2.46. The van der Waals surface area contributed by atoms with Gasteiger partial charge in [0.25, 0.3) is 0 Å². The summed E-state index contributed by atoms with van der Waals surface area (Å²) in [6, 6.07) is 10.4. The molecule has 0 bridgehead atoms. The van der Waals surface area contributed by atoms with Crippen molar-refractivity contribution in [2.24, 2.45) is 5.92 Å². The molecule has 0 spiro atoms. The molecule has 0 amide bonds. The van der Waals surface area contributed by atoms with E-state index in [1.807, 2.05) is 12.1 Å². The molecule has 2 nitrogen and oxygen atoms in total. The van der Waals surface area contributed by atoms with Gasteiger partial charge in [-0.05, 0) is 30.9 Å². The first-order chi connectivity index (χ1) is 9.28. The number of alkyl halides is 1. The van der Waals surface area contributed by atoms with Gasteiger partial charge in [0.05, 0.1) is 11.4 Å². The summed E-state index contributed by atoms with van der Waals surface area (Å²) >= 11 is 6.11. The Labute approximate surface area is 119 Å². The van der Waals surface area contributed by atoms with Crippen LogP contribution in [0.5, 0.6) is 0 Å². The summed E-state index contributed by atoms with van der Waals surface area (Å²) in [5.41, 5.74) is 2.21. The monoisotopic (exact) mass is 274 g/mol. The van der Waals surface area contributed by atoms with Crippen molar-refractivity contribution in [1.29, 1.82) is 0 Å². The first-order valence-electron chi connectivity index (χ1n) is 6.97. The van der Waals surface area contributed by atoms with Gasteiger partial charge in [0, 0.05) is 24.0 Å². The first-order valence-corrected chi connectivity index (χ1v) is 7.51. The van der Waals surface area contributed by atoms with Crippen LogP contribution < -0.4 is 4.90 Å². The Morgan fingerprint density at radius 3 is 2.74 bits per heavy atom. The SMILES string of the molecule is CC1CCN(c2nc3ccccc3cc2CCl)CC1. The van der Waals surface area contributed by atoms with E-state index in [2.05, 4.69) is 30.0 Å². The van der Waals surface area contributed by atoms with E-state index in [0.717, 1.165) is 35.9 Å². The Hall–Kier alpha value is -1.28. The molecule has 100 valence electrons. The summed E-state index contributed by atoms with van der Waals surface area (Å²) in [6.45, 7) is 4.51. The van der Waals surface area contributed by atoms with Gasteiger partial charge in [-0.1, -0.05) is 25.1 Å². The fourth-order valence-electron chi connectivity index (χ4n) is 2.74. The van der Waals surface area contributed by atoms with E-state index in [-0.39, 0.29) is 0 Å². The van der Waals surface area contributed by atoms with Gasteiger partial charge in [-0.25, -0.2) is 4.98 Å². The highest BCUT2D eigenvalue weighted by Crippen LogP contribution is 2.28. The van der Waals surface area contributed by atoms with Gasteiger partial charge in [0.15, 0.2) is 0 Å². The smallest absolute Gasteiger partial charge is 0.133 e. The van der Waals surface area contributed by atoms with E-state index < -0.39 is 0 Å². The molecule has 1 aliphatic heterocycles. The molecule has 1 aromatic carbocycles. The van der Waals surface area contributed by atoms with Crippen LogP contribution in [0.3, 0.4) is 0 Å². The number of nitrogens with zero attached hydrogens (tertiary/aromatic N) is 2. The van der Waals surface area contributed by atoms with Gasteiger partial charge in [-0.2, -0.15) is 0 Å². The minimum absolute atomic E-state index is 0.527. The van der Waals surface area contributed by atoms with Crippen LogP contribution in [0.2, 0.25) is 0 Å². The topological polar surface area (TPSA) is 16.1 Å². The minimum atomic E-state index is 0.527. The van der Waals surface area contributed by atoms with Gasteiger partial charge in [0.2, 0.25) is 0 Å². The van der Waals surface area contributed by atoms with Gasteiger partial charge in [0.1, 0.15) is 5.82 Å². The van der Waals surface area contributed by atoms with Crippen LogP contribution in [-0.2, 0) is 5.88 Å². The molecule has 2 heterocycles. The maximum Gasteiger partial charge on any atom is 0.133 e. The van der Waals surface area contributed by atoms with Crippen LogP contribution in [0, 0.1) is 5.92 Å². The summed E-state index contributed by atoms with van der Waals surface area (Å²) in [5, 5.41) is 1.17. The molecule has 0 N–H and O–H groups in total. The van der Waals surface area contributed by atoms with E-state index in [1.165, 1.54) is 18.2 Å². The summed E-state index contributed by atoms with van der Waals surface area (Å²) in [6.07, 6.45) is 2.49. The highest BCUT2D eigenvalue weighted by Gasteiger charge is 2.19. The molecule has 3 heteroatoms. The second-order valence-corrected chi connectivity index (χ2v) is 5.73. The Balaban J connectivity index is 2.01. The number of fused-ring (bicyclic) bond motifs is 1. The lowest BCUT2D eigenvalue weighted by Gasteiger charge is -2.32. The van der Waals surface area contributed by atoms with Crippen LogP contribution in [0.25, 0.3) is 10.9 Å². The summed E-state index contributed by atoms with van der Waals surface area (Å²) in [4.78, 5) is 7.23. The normalized spacial score (nSPS) is 17.1. The van der Waals surface area contributed by atoms with Gasteiger partial charge >= 0.3 is 0 Å². The Kier molecular flexibility index (Phi) is 3.61. The van der Waals surface area contributed by atoms with Crippen LogP contribution in [0.1, 0.15) is 25.3 Å². The van der Waals surface area contributed by atoms with Crippen LogP contribution in [0.4, 0.5) is 5.82 Å². The first kappa shape index (κ1) is 12.7. The number of anilines is 1. The second kappa shape index (κ2) is 5.38. The van der Waals surface area contributed by atoms with Crippen molar-refractivity contribution in [3.63, 3.8) is 0 Å². The van der Waals surface area contributed by atoms with E-state index >= 15 is 0 Å². The molecule has 0 atom stereocenters. The van der Waals surface area contributed by atoms with E-state index in [4.69, 9.17) is 16.6 Å². The second-order valence-electron chi connectivity index (χ2n) is 5.47. The molecule has 3 rings (SSSR count). The summed E-state index contributed by atoms with van der Waals surface area (Å²) in [5.74, 6) is 2.44. The number of aromatic nitrogens is 1. The van der Waals surface area contributed by atoms with Crippen LogP contribution >= 0.6 is 11.6 Å². The number of hydrogen-bond acceptors (Lipinski definition) is 2. The van der Waals surface area contributed by atoms with Crippen LogP contribution in [0.15, 0.2) is 30.3 Å². The van der Waals surface area contributed by atoms with E-state index in [0.29, 0.717) is 5.88 Å². The van der Waals surface area contributed by atoms with Gasteiger partial charge < -0.3 is 4.90 Å². The molecule has 1 aliphatic rings. The van der Waals surface area contributed by atoms with E-state index in [9.17, 15) is 0 Å². The van der Waals surface area contributed by atoms with Gasteiger partial charge in [-0.3, -0.25) is 0 Å². The van der Waals surface area contributed by atoms with Crippen molar-refractivity contribution in [2.45, 2.75) is 25.6 Å². The predicted molar refractivity (Wildman–Crippen MR) is 81.9 cm³/mol. The van der Waals surface area contributed by atoms with Gasteiger partial charge in [-0.15, -0.1) is 11.6 Å². The zero-order valence-corrected chi connectivity index (χ0v) is 12.0. The minimum Gasteiger partial charge on any atom is -0.356 e. The Bertz CT molecular complexity index is 574. The van der Waals surface area contributed by atoms with Crippen molar-refractivity contribution < 1.29 is 0 Å². The standard InChI is InChI=1S/C16H19ClN2/c1-12-6-8-19(9-7-12)16-14(11-17)10-13-4-2-3-5-15(13)18-16/h2-5,10,12H,6-9,11H2,1H3. The lowest BCUT2D eigenvalue weighted by molar-refractivity contribution is 0.436. The fraction of sp³-hybridized carbons (Fsp3) is 0.438. The third-order valence-electron chi connectivity index (χ3n) is 4.01. The number of hydrogen-bond donors (Lipinski definition) is 0. The molecule has 19 heavy (non-hydrogen) atoms. The Morgan fingerprint density at radius 1 is 1.26 bits per heavy atom. The number of halogens is 1. The predicted octanol–water partition coefficient (Wildman–Crippen LogP) is 4.21. The highest BCUT2D eigenvalue weighted by atomic mass is 35.5. The Morgan fingerprint density at radius 2 is 2.00 bits per heavy atom. The molecule has 2 aromatic rings. The summed E-state index contributed by atoms with van der Waals surface area (Å²) < 4.78 is 0. The van der Waals surface area contributed by atoms with E-state index in [1.54, 1.807) is 0 Å². The lowest BCUT2D eigenvalue weighted by atomic mass is 9.99. The lowest BCUT2D eigenvalue weighted by Crippen LogP contribution is -2.34.